The molecule has 7 atom stereocenters. The molecule has 0 saturated heterocycles. The molecule has 164 valence electrons. The number of hydrogen-bond acceptors (Lipinski definition) is 5. The molecule has 4 aliphatic carbocycles. The predicted molar refractivity (Wildman–Crippen MR) is 112 cm³/mol. The minimum atomic E-state index is -3.40. The van der Waals surface area contributed by atoms with Crippen LogP contribution in [0.15, 0.2) is 11.6 Å². The number of esters is 1. The largest absolute Gasteiger partial charge is 0.463 e. The minimum absolute atomic E-state index is 0.0734. The number of rotatable bonds is 4. The fourth-order valence-electron chi connectivity index (χ4n) is 7.44. The van der Waals surface area contributed by atoms with Gasteiger partial charge in [-0.05, 0) is 85.9 Å². The summed E-state index contributed by atoms with van der Waals surface area (Å²) < 4.78 is 33.8. The Kier molecular flexibility index (Phi) is 5.42. The Bertz CT molecular complexity index is 802. The van der Waals surface area contributed by atoms with Gasteiger partial charge in [-0.15, -0.1) is 0 Å². The predicted octanol–water partition coefficient (Wildman–Crippen LogP) is 4.47. The Balaban J connectivity index is 1.49. The van der Waals surface area contributed by atoms with Gasteiger partial charge in [0.1, 0.15) is 6.10 Å². The van der Waals surface area contributed by atoms with Gasteiger partial charge in [-0.2, -0.15) is 8.42 Å². The Morgan fingerprint density at radius 1 is 1.17 bits per heavy atom. The lowest BCUT2D eigenvalue weighted by molar-refractivity contribution is -0.155. The van der Waals surface area contributed by atoms with Crippen molar-refractivity contribution >= 4 is 16.1 Å². The molecule has 4 rings (SSSR count). The monoisotopic (exact) mass is 424 g/mol. The first-order valence-corrected chi connectivity index (χ1v) is 13.1. The molecule has 0 aromatic carbocycles. The second kappa shape index (κ2) is 7.37. The van der Waals surface area contributed by atoms with Crippen molar-refractivity contribution in [2.75, 3.05) is 12.9 Å². The first-order valence-electron chi connectivity index (χ1n) is 11.2. The number of allylic oxidation sites excluding steroid dienone is 2. The van der Waals surface area contributed by atoms with Gasteiger partial charge in [-0.25, -0.2) is 0 Å². The Morgan fingerprint density at radius 2 is 1.93 bits per heavy atom. The Labute approximate surface area is 175 Å². The maximum absolute atomic E-state index is 11.5. The van der Waals surface area contributed by atoms with Gasteiger partial charge in [0.25, 0.3) is 10.1 Å². The van der Waals surface area contributed by atoms with Gasteiger partial charge in [0.2, 0.25) is 0 Å². The van der Waals surface area contributed by atoms with Gasteiger partial charge in [0.05, 0.1) is 12.9 Å². The smallest absolute Gasteiger partial charge is 0.302 e. The molecule has 0 bridgehead atoms. The van der Waals surface area contributed by atoms with Crippen LogP contribution in [0.2, 0.25) is 0 Å². The van der Waals surface area contributed by atoms with Crippen LogP contribution < -0.4 is 0 Å². The third-order valence-electron chi connectivity index (χ3n) is 9.02. The number of fused-ring (bicyclic) bond motifs is 5. The molecule has 5 nitrogen and oxygen atoms in total. The number of ether oxygens (including phenoxy) is 1. The normalized spacial score (nSPS) is 44.3. The summed E-state index contributed by atoms with van der Waals surface area (Å²) in [4.78, 5) is 11.4. The van der Waals surface area contributed by atoms with Crippen molar-refractivity contribution in [2.24, 2.45) is 34.5 Å². The summed E-state index contributed by atoms with van der Waals surface area (Å²) in [6.07, 6.45) is 12.5. The number of carbonyl (C=O) groups excluding carboxylic acids is 1. The zero-order chi connectivity index (χ0) is 21.0. The van der Waals surface area contributed by atoms with Crippen molar-refractivity contribution < 1.29 is 22.1 Å². The number of carbonyl (C=O) groups is 1. The van der Waals surface area contributed by atoms with E-state index in [1.165, 1.54) is 26.2 Å². The van der Waals surface area contributed by atoms with Crippen LogP contribution in [-0.2, 0) is 23.8 Å². The molecule has 7 unspecified atom stereocenters. The van der Waals surface area contributed by atoms with E-state index in [0.29, 0.717) is 29.8 Å². The van der Waals surface area contributed by atoms with Crippen LogP contribution in [0.5, 0.6) is 0 Å². The molecule has 29 heavy (non-hydrogen) atoms. The van der Waals surface area contributed by atoms with Crippen molar-refractivity contribution in [3.05, 3.63) is 11.6 Å². The summed E-state index contributed by atoms with van der Waals surface area (Å²) in [7, 11) is -3.40. The van der Waals surface area contributed by atoms with Gasteiger partial charge < -0.3 is 4.74 Å². The highest BCUT2D eigenvalue weighted by Crippen LogP contribution is 2.66. The third kappa shape index (κ3) is 3.80. The molecule has 0 aliphatic heterocycles. The van der Waals surface area contributed by atoms with E-state index in [-0.39, 0.29) is 23.4 Å². The summed E-state index contributed by atoms with van der Waals surface area (Å²) in [5.74, 6) is 2.05. The first-order chi connectivity index (χ1) is 13.5. The molecule has 6 heteroatoms. The summed E-state index contributed by atoms with van der Waals surface area (Å²) in [6.45, 7) is 6.64. The molecule has 3 saturated carbocycles. The van der Waals surface area contributed by atoms with Crippen molar-refractivity contribution in [3.8, 4) is 0 Å². The van der Waals surface area contributed by atoms with E-state index in [2.05, 4.69) is 19.9 Å². The average Bonchev–Trinajstić information content (AvgIpc) is 2.95. The van der Waals surface area contributed by atoms with Crippen molar-refractivity contribution in [3.63, 3.8) is 0 Å². The summed E-state index contributed by atoms with van der Waals surface area (Å²) in [5.41, 5.74) is 1.98. The van der Waals surface area contributed by atoms with Gasteiger partial charge in [-0.1, -0.05) is 25.5 Å². The molecule has 4 aliphatic rings. The van der Waals surface area contributed by atoms with Gasteiger partial charge in [0.15, 0.2) is 0 Å². The van der Waals surface area contributed by atoms with Crippen molar-refractivity contribution in [1.29, 1.82) is 0 Å². The van der Waals surface area contributed by atoms with Crippen LogP contribution in [-0.4, -0.2) is 33.4 Å². The van der Waals surface area contributed by atoms with Crippen LogP contribution in [0.1, 0.15) is 72.1 Å². The Hall–Kier alpha value is -0.880. The van der Waals surface area contributed by atoms with Crippen LogP contribution in [0.3, 0.4) is 0 Å². The summed E-state index contributed by atoms with van der Waals surface area (Å²) in [5, 5.41) is 0. The maximum atomic E-state index is 11.5. The fraction of sp³-hybridized carbons (Fsp3) is 0.870. The number of hydrogen-bond donors (Lipinski definition) is 0. The lowest BCUT2D eigenvalue weighted by Gasteiger charge is -2.59. The standard InChI is InChI=1S/C23H36O5S/c1-15(24)28-18-9-11-22(2)16(13-18)5-7-19-20-8-6-17(14-27-29(4,25)26)23(20,3)12-10-21(19)22/h8,16-19,21H,5-7,9-14H2,1-4H3. The van der Waals surface area contributed by atoms with E-state index in [0.717, 1.165) is 38.4 Å². The van der Waals surface area contributed by atoms with Crippen molar-refractivity contribution in [2.45, 2.75) is 78.2 Å². The van der Waals surface area contributed by atoms with Crippen molar-refractivity contribution in [1.82, 2.24) is 0 Å². The molecule has 0 N–H and O–H groups in total. The zero-order valence-corrected chi connectivity index (χ0v) is 19.1. The quantitative estimate of drug-likeness (QED) is 0.378. The minimum Gasteiger partial charge on any atom is -0.463 e. The van der Waals surface area contributed by atoms with Crippen LogP contribution >= 0.6 is 0 Å². The van der Waals surface area contributed by atoms with E-state index in [1.807, 2.05) is 0 Å². The van der Waals surface area contributed by atoms with Crippen LogP contribution in [0, 0.1) is 34.5 Å². The van der Waals surface area contributed by atoms with E-state index in [1.54, 1.807) is 5.57 Å². The SMILES string of the molecule is CC(=O)OC1CCC2(C)C(CCC3C4=CCC(COS(C)(=O)=O)C4(C)CCC32)C1. The second-order valence-corrected chi connectivity index (χ2v) is 12.2. The highest BCUT2D eigenvalue weighted by molar-refractivity contribution is 7.85. The van der Waals surface area contributed by atoms with Gasteiger partial charge >= 0.3 is 5.97 Å². The van der Waals surface area contributed by atoms with E-state index >= 15 is 0 Å². The topological polar surface area (TPSA) is 69.7 Å². The molecule has 3 fully saturated rings. The average molecular weight is 425 g/mol. The molecule has 0 spiro atoms. The molecule has 0 radical (unpaired) electrons. The summed E-state index contributed by atoms with van der Waals surface area (Å²) in [6, 6.07) is 0. The fourth-order valence-corrected chi connectivity index (χ4v) is 7.85. The Morgan fingerprint density at radius 3 is 2.62 bits per heavy atom. The molecule has 0 amide bonds. The lowest BCUT2D eigenvalue weighted by atomic mass is 9.46. The van der Waals surface area contributed by atoms with Crippen LogP contribution in [0.25, 0.3) is 0 Å². The highest BCUT2D eigenvalue weighted by Gasteiger charge is 2.57. The molecule has 0 heterocycles. The molecule has 0 aromatic heterocycles. The van der Waals surface area contributed by atoms with Crippen LogP contribution in [0.4, 0.5) is 0 Å². The van der Waals surface area contributed by atoms with Gasteiger partial charge in [-0.3, -0.25) is 8.98 Å². The maximum Gasteiger partial charge on any atom is 0.302 e. The molecular weight excluding hydrogens is 388 g/mol. The summed E-state index contributed by atoms with van der Waals surface area (Å²) >= 11 is 0. The zero-order valence-electron chi connectivity index (χ0n) is 18.3. The van der Waals surface area contributed by atoms with E-state index in [4.69, 9.17) is 8.92 Å². The first kappa shape index (κ1) is 21.4. The van der Waals surface area contributed by atoms with E-state index in [9.17, 15) is 13.2 Å². The van der Waals surface area contributed by atoms with E-state index < -0.39 is 10.1 Å². The molecular formula is C23H36O5S. The lowest BCUT2D eigenvalue weighted by Crippen LogP contribution is -2.52. The third-order valence-corrected chi connectivity index (χ3v) is 9.58. The second-order valence-electron chi connectivity index (χ2n) is 10.5. The highest BCUT2D eigenvalue weighted by atomic mass is 32.2. The van der Waals surface area contributed by atoms with Gasteiger partial charge in [0, 0.05) is 6.92 Å². The molecule has 0 aromatic rings.